The zero-order chi connectivity index (χ0) is 11.4. The average molecular weight is 242 g/mol. The molecule has 0 aliphatic heterocycles. The van der Waals surface area contributed by atoms with Crippen LogP contribution in [0.2, 0.25) is 0 Å². The van der Waals surface area contributed by atoms with Crippen LogP contribution in [-0.2, 0) is 0 Å². The van der Waals surface area contributed by atoms with Crippen LogP contribution in [0.5, 0.6) is 0 Å². The number of alkyl halides is 1. The van der Waals surface area contributed by atoms with Gasteiger partial charge in [0.2, 0.25) is 0 Å². The first-order valence-electron chi connectivity index (χ1n) is 5.66. The van der Waals surface area contributed by atoms with Crippen molar-refractivity contribution in [1.29, 1.82) is 0 Å². The number of furan rings is 1. The molecule has 2 rings (SSSR count). The van der Waals surface area contributed by atoms with Crippen molar-refractivity contribution in [3.63, 3.8) is 0 Å². The van der Waals surface area contributed by atoms with E-state index in [2.05, 4.69) is 5.32 Å². The van der Waals surface area contributed by atoms with Crippen molar-refractivity contribution in [2.24, 2.45) is 0 Å². The number of hydrogen-bond donors (Lipinski definition) is 1. The quantitative estimate of drug-likeness (QED) is 0.827. The van der Waals surface area contributed by atoms with Crippen LogP contribution in [0.3, 0.4) is 0 Å². The number of hydrogen-bond acceptors (Lipinski definition) is 2. The van der Waals surface area contributed by atoms with Crippen LogP contribution in [0.1, 0.15) is 42.5 Å². The van der Waals surface area contributed by atoms with Crippen molar-refractivity contribution in [3.8, 4) is 0 Å². The van der Waals surface area contributed by atoms with Gasteiger partial charge in [0, 0.05) is 5.88 Å². The SMILES string of the molecule is O=C(NC1(CCl)CCCCC1)c1ccoc1. The summed E-state index contributed by atoms with van der Waals surface area (Å²) >= 11 is 6.00. The molecule has 1 fully saturated rings. The summed E-state index contributed by atoms with van der Waals surface area (Å²) in [5, 5.41) is 3.05. The Morgan fingerprint density at radius 3 is 2.75 bits per heavy atom. The average Bonchev–Trinajstić information content (AvgIpc) is 2.84. The summed E-state index contributed by atoms with van der Waals surface area (Å²) in [6.45, 7) is 0. The molecule has 0 spiro atoms. The Hall–Kier alpha value is -0.960. The van der Waals surface area contributed by atoms with Gasteiger partial charge in [0.15, 0.2) is 0 Å². The van der Waals surface area contributed by atoms with E-state index in [9.17, 15) is 4.79 Å². The molecule has 88 valence electrons. The van der Waals surface area contributed by atoms with E-state index in [0.717, 1.165) is 25.7 Å². The van der Waals surface area contributed by atoms with Crippen molar-refractivity contribution in [2.45, 2.75) is 37.6 Å². The molecule has 1 aromatic heterocycles. The molecule has 0 unspecified atom stereocenters. The van der Waals surface area contributed by atoms with Crippen LogP contribution in [0.25, 0.3) is 0 Å². The molecule has 1 aliphatic carbocycles. The second kappa shape index (κ2) is 4.91. The number of halogens is 1. The minimum absolute atomic E-state index is 0.0868. The Kier molecular flexibility index (Phi) is 3.54. The number of rotatable bonds is 3. The van der Waals surface area contributed by atoms with Gasteiger partial charge in [0.25, 0.3) is 5.91 Å². The first-order valence-corrected chi connectivity index (χ1v) is 6.20. The first-order chi connectivity index (χ1) is 7.76. The van der Waals surface area contributed by atoms with Gasteiger partial charge in [-0.2, -0.15) is 0 Å². The van der Waals surface area contributed by atoms with Crippen LogP contribution >= 0.6 is 11.6 Å². The molecule has 1 saturated carbocycles. The van der Waals surface area contributed by atoms with Crippen molar-refractivity contribution < 1.29 is 9.21 Å². The number of nitrogens with one attached hydrogen (secondary N) is 1. The Morgan fingerprint density at radius 2 is 2.19 bits per heavy atom. The van der Waals surface area contributed by atoms with Crippen LogP contribution in [0.15, 0.2) is 23.0 Å². The number of amides is 1. The van der Waals surface area contributed by atoms with E-state index in [1.165, 1.54) is 18.9 Å². The lowest BCUT2D eigenvalue weighted by Gasteiger charge is -2.36. The summed E-state index contributed by atoms with van der Waals surface area (Å²) < 4.78 is 4.90. The predicted octanol–water partition coefficient (Wildman–Crippen LogP) is 2.95. The monoisotopic (exact) mass is 241 g/mol. The van der Waals surface area contributed by atoms with Gasteiger partial charge in [-0.15, -0.1) is 11.6 Å². The zero-order valence-corrected chi connectivity index (χ0v) is 9.93. The summed E-state index contributed by atoms with van der Waals surface area (Å²) in [6, 6.07) is 1.67. The largest absolute Gasteiger partial charge is 0.472 e. The van der Waals surface area contributed by atoms with Gasteiger partial charge >= 0.3 is 0 Å². The molecule has 0 aromatic carbocycles. The highest BCUT2D eigenvalue weighted by atomic mass is 35.5. The van der Waals surface area contributed by atoms with E-state index in [0.29, 0.717) is 11.4 Å². The summed E-state index contributed by atoms with van der Waals surface area (Å²) in [5.74, 6) is 0.396. The van der Waals surface area contributed by atoms with Gasteiger partial charge < -0.3 is 9.73 Å². The van der Waals surface area contributed by atoms with E-state index in [1.807, 2.05) is 0 Å². The summed E-state index contributed by atoms with van der Waals surface area (Å²) in [4.78, 5) is 11.9. The topological polar surface area (TPSA) is 42.2 Å². The maximum atomic E-state index is 11.9. The van der Waals surface area contributed by atoms with Crippen molar-refractivity contribution >= 4 is 17.5 Å². The van der Waals surface area contributed by atoms with Crippen LogP contribution in [0, 0.1) is 0 Å². The molecular weight excluding hydrogens is 226 g/mol. The van der Waals surface area contributed by atoms with E-state index < -0.39 is 0 Å². The summed E-state index contributed by atoms with van der Waals surface area (Å²) in [5.41, 5.74) is 0.351. The lowest BCUT2D eigenvalue weighted by molar-refractivity contribution is 0.0884. The molecule has 0 bridgehead atoms. The molecule has 4 heteroatoms. The molecule has 3 nitrogen and oxygen atoms in total. The molecule has 0 saturated heterocycles. The zero-order valence-electron chi connectivity index (χ0n) is 9.17. The van der Waals surface area contributed by atoms with E-state index in [1.54, 1.807) is 6.07 Å². The summed E-state index contributed by atoms with van der Waals surface area (Å²) in [6.07, 6.45) is 8.42. The highest BCUT2D eigenvalue weighted by molar-refractivity contribution is 6.19. The first kappa shape index (κ1) is 11.5. The molecule has 1 heterocycles. The van der Waals surface area contributed by atoms with Gasteiger partial charge in [-0.05, 0) is 18.9 Å². The van der Waals surface area contributed by atoms with Crippen molar-refractivity contribution in [1.82, 2.24) is 5.32 Å². The molecular formula is C12H16ClNO2. The predicted molar refractivity (Wildman–Crippen MR) is 62.7 cm³/mol. The molecule has 1 amide bonds. The van der Waals surface area contributed by atoms with Gasteiger partial charge in [-0.3, -0.25) is 4.79 Å². The smallest absolute Gasteiger partial charge is 0.255 e. The fourth-order valence-electron chi connectivity index (χ4n) is 2.23. The third kappa shape index (κ3) is 2.40. The number of carbonyl (C=O) groups excluding carboxylic acids is 1. The van der Waals surface area contributed by atoms with E-state index in [-0.39, 0.29) is 11.4 Å². The Balaban J connectivity index is 2.03. The third-order valence-corrected chi connectivity index (χ3v) is 3.74. The van der Waals surface area contributed by atoms with Gasteiger partial charge in [0.1, 0.15) is 6.26 Å². The van der Waals surface area contributed by atoms with Crippen LogP contribution in [0.4, 0.5) is 0 Å². The van der Waals surface area contributed by atoms with Crippen molar-refractivity contribution in [2.75, 3.05) is 5.88 Å². The highest BCUT2D eigenvalue weighted by Crippen LogP contribution is 2.29. The molecule has 16 heavy (non-hydrogen) atoms. The maximum Gasteiger partial charge on any atom is 0.255 e. The highest BCUT2D eigenvalue weighted by Gasteiger charge is 2.33. The van der Waals surface area contributed by atoms with E-state index in [4.69, 9.17) is 16.0 Å². The molecule has 0 atom stereocenters. The Labute approximate surface area is 100 Å². The van der Waals surface area contributed by atoms with Crippen LogP contribution < -0.4 is 5.32 Å². The molecule has 0 radical (unpaired) electrons. The lowest BCUT2D eigenvalue weighted by atomic mass is 9.83. The maximum absolute atomic E-state index is 11.9. The normalized spacial score (nSPS) is 19.3. The molecule has 1 aromatic rings. The standard InChI is InChI=1S/C12H16ClNO2/c13-9-12(5-2-1-3-6-12)14-11(15)10-4-7-16-8-10/h4,7-8H,1-3,5-6,9H2,(H,14,15). The third-order valence-electron chi connectivity index (χ3n) is 3.23. The fraction of sp³-hybridized carbons (Fsp3) is 0.583. The second-order valence-electron chi connectivity index (χ2n) is 4.44. The minimum Gasteiger partial charge on any atom is -0.472 e. The lowest BCUT2D eigenvalue weighted by Crippen LogP contribution is -2.51. The summed E-state index contributed by atoms with van der Waals surface area (Å²) in [7, 11) is 0. The van der Waals surface area contributed by atoms with Crippen LogP contribution in [-0.4, -0.2) is 17.3 Å². The molecule has 1 aliphatic rings. The van der Waals surface area contributed by atoms with Gasteiger partial charge in [-0.1, -0.05) is 19.3 Å². The fourth-order valence-corrected chi connectivity index (χ4v) is 2.56. The second-order valence-corrected chi connectivity index (χ2v) is 4.71. The minimum atomic E-state index is -0.214. The Morgan fingerprint density at radius 1 is 1.44 bits per heavy atom. The van der Waals surface area contributed by atoms with Crippen molar-refractivity contribution in [3.05, 3.63) is 24.2 Å². The molecule has 1 N–H and O–H groups in total. The Bertz CT molecular complexity index is 342. The van der Waals surface area contributed by atoms with Gasteiger partial charge in [0.05, 0.1) is 17.4 Å². The number of carbonyl (C=O) groups is 1. The van der Waals surface area contributed by atoms with E-state index >= 15 is 0 Å². The van der Waals surface area contributed by atoms with Gasteiger partial charge in [-0.25, -0.2) is 0 Å².